The first-order valence-corrected chi connectivity index (χ1v) is 13.0. The van der Waals surface area contributed by atoms with Crippen molar-refractivity contribution in [1.29, 1.82) is 0 Å². The summed E-state index contributed by atoms with van der Waals surface area (Å²) in [4.78, 5) is 0. The van der Waals surface area contributed by atoms with Gasteiger partial charge in [-0.1, -0.05) is 149 Å². The molecule has 0 radical (unpaired) electrons. The summed E-state index contributed by atoms with van der Waals surface area (Å²) in [6.45, 7) is 4.57. The summed E-state index contributed by atoms with van der Waals surface area (Å²) in [5.74, 6) is 0. The van der Waals surface area contributed by atoms with Gasteiger partial charge in [-0.2, -0.15) is 0 Å². The van der Waals surface area contributed by atoms with Crippen LogP contribution in [0.2, 0.25) is 0 Å². The molecule has 1 N–H and O–H groups in total. The molecule has 0 aliphatic heterocycles. The van der Waals surface area contributed by atoms with Crippen LogP contribution >= 0.6 is 0 Å². The van der Waals surface area contributed by atoms with Crippen LogP contribution in [0.4, 0.5) is 0 Å². The van der Waals surface area contributed by atoms with E-state index in [1.54, 1.807) is 0 Å². The highest BCUT2D eigenvalue weighted by Crippen LogP contribution is 2.16. The lowest BCUT2D eigenvalue weighted by molar-refractivity contribution is 0.147. The van der Waals surface area contributed by atoms with Crippen LogP contribution in [-0.4, -0.2) is 11.2 Å². The van der Waals surface area contributed by atoms with Gasteiger partial charge in [-0.3, -0.25) is 0 Å². The first-order valence-electron chi connectivity index (χ1n) is 13.0. The Morgan fingerprint density at radius 1 is 0.370 bits per heavy atom. The molecule has 0 fully saturated rings. The lowest BCUT2D eigenvalue weighted by Gasteiger charge is -2.10. The molecule has 0 heterocycles. The van der Waals surface area contributed by atoms with E-state index in [9.17, 15) is 5.11 Å². The van der Waals surface area contributed by atoms with Crippen molar-refractivity contribution in [1.82, 2.24) is 0 Å². The summed E-state index contributed by atoms with van der Waals surface area (Å²) in [5, 5.41) is 10.1. The van der Waals surface area contributed by atoms with Gasteiger partial charge >= 0.3 is 0 Å². The van der Waals surface area contributed by atoms with Crippen molar-refractivity contribution in [2.45, 2.75) is 168 Å². The van der Waals surface area contributed by atoms with E-state index in [0.717, 1.165) is 12.8 Å². The SMILES string of the molecule is CCCCCCCCCCCCCCC(O)CCCCCCCCCCC. The number of unbranched alkanes of at least 4 members (excludes halogenated alkanes) is 19. The van der Waals surface area contributed by atoms with Gasteiger partial charge in [-0.05, 0) is 12.8 Å². The molecular formula is C26H54O. The van der Waals surface area contributed by atoms with E-state index in [4.69, 9.17) is 0 Å². The smallest absolute Gasteiger partial charge is 0.0540 e. The first kappa shape index (κ1) is 27.0. The van der Waals surface area contributed by atoms with Gasteiger partial charge in [0.05, 0.1) is 6.10 Å². The predicted octanol–water partition coefficient (Wildman–Crippen LogP) is 9.36. The van der Waals surface area contributed by atoms with Crippen molar-refractivity contribution in [2.24, 2.45) is 0 Å². The second-order valence-electron chi connectivity index (χ2n) is 8.95. The van der Waals surface area contributed by atoms with Crippen LogP contribution < -0.4 is 0 Å². The zero-order valence-corrected chi connectivity index (χ0v) is 19.3. The van der Waals surface area contributed by atoms with Crippen molar-refractivity contribution in [2.75, 3.05) is 0 Å². The lowest BCUT2D eigenvalue weighted by atomic mass is 10.0. The van der Waals surface area contributed by atoms with Gasteiger partial charge in [-0.15, -0.1) is 0 Å². The highest BCUT2D eigenvalue weighted by atomic mass is 16.3. The van der Waals surface area contributed by atoms with Gasteiger partial charge in [-0.25, -0.2) is 0 Å². The third kappa shape index (κ3) is 23.9. The van der Waals surface area contributed by atoms with E-state index in [0.29, 0.717) is 0 Å². The van der Waals surface area contributed by atoms with Crippen LogP contribution in [0.25, 0.3) is 0 Å². The minimum Gasteiger partial charge on any atom is -0.393 e. The average Bonchev–Trinajstić information content (AvgIpc) is 2.67. The van der Waals surface area contributed by atoms with Gasteiger partial charge < -0.3 is 5.11 Å². The molecule has 0 aliphatic rings. The van der Waals surface area contributed by atoms with Crippen LogP contribution in [0.5, 0.6) is 0 Å². The normalized spacial score (nSPS) is 12.6. The molecule has 0 amide bonds. The van der Waals surface area contributed by atoms with Crippen molar-refractivity contribution >= 4 is 0 Å². The van der Waals surface area contributed by atoms with E-state index >= 15 is 0 Å². The summed E-state index contributed by atoms with van der Waals surface area (Å²) < 4.78 is 0. The maximum Gasteiger partial charge on any atom is 0.0540 e. The minimum absolute atomic E-state index is 0.0299. The fourth-order valence-electron chi connectivity index (χ4n) is 4.06. The second-order valence-corrected chi connectivity index (χ2v) is 8.95. The molecule has 1 nitrogen and oxygen atoms in total. The van der Waals surface area contributed by atoms with E-state index in [-0.39, 0.29) is 6.10 Å². The Labute approximate surface area is 173 Å². The topological polar surface area (TPSA) is 20.2 Å². The van der Waals surface area contributed by atoms with Gasteiger partial charge in [0, 0.05) is 0 Å². The van der Waals surface area contributed by atoms with Gasteiger partial charge in [0.1, 0.15) is 0 Å². The Kier molecular flexibility index (Phi) is 24.0. The van der Waals surface area contributed by atoms with Gasteiger partial charge in [0.25, 0.3) is 0 Å². The Balaban J connectivity index is 3.12. The van der Waals surface area contributed by atoms with Crippen molar-refractivity contribution in [3.63, 3.8) is 0 Å². The maximum atomic E-state index is 10.1. The number of hydrogen-bond donors (Lipinski definition) is 1. The zero-order chi connectivity index (χ0) is 19.8. The van der Waals surface area contributed by atoms with Crippen LogP contribution in [0, 0.1) is 0 Å². The molecule has 0 saturated carbocycles. The quantitative estimate of drug-likeness (QED) is 0.174. The zero-order valence-electron chi connectivity index (χ0n) is 19.3. The van der Waals surface area contributed by atoms with E-state index in [2.05, 4.69) is 13.8 Å². The first-order chi connectivity index (χ1) is 13.3. The molecule has 0 rings (SSSR count). The molecule has 0 aliphatic carbocycles. The molecular weight excluding hydrogens is 328 g/mol. The standard InChI is InChI=1S/C26H54O/c1-3-5-7-9-11-13-14-15-17-19-21-23-25-26(27)24-22-20-18-16-12-10-8-6-4-2/h26-27H,3-25H2,1-2H3. The van der Waals surface area contributed by atoms with Crippen molar-refractivity contribution in [3.05, 3.63) is 0 Å². The molecule has 0 aromatic heterocycles. The highest BCUT2D eigenvalue weighted by molar-refractivity contribution is 4.58. The van der Waals surface area contributed by atoms with Crippen LogP contribution in [0.15, 0.2) is 0 Å². The Hall–Kier alpha value is -0.0400. The third-order valence-electron chi connectivity index (χ3n) is 6.03. The predicted molar refractivity (Wildman–Crippen MR) is 124 cm³/mol. The number of aliphatic hydroxyl groups is 1. The summed E-state index contributed by atoms with van der Waals surface area (Å²) in [6.07, 6.45) is 31.2. The maximum absolute atomic E-state index is 10.1. The molecule has 27 heavy (non-hydrogen) atoms. The van der Waals surface area contributed by atoms with Crippen LogP contribution in [0.1, 0.15) is 162 Å². The fraction of sp³-hybridized carbons (Fsp3) is 1.00. The average molecular weight is 383 g/mol. The van der Waals surface area contributed by atoms with Crippen molar-refractivity contribution < 1.29 is 5.11 Å². The summed E-state index contributed by atoms with van der Waals surface area (Å²) in [7, 11) is 0. The minimum atomic E-state index is -0.0299. The molecule has 1 heteroatoms. The molecule has 0 aromatic rings. The van der Waals surface area contributed by atoms with Crippen LogP contribution in [-0.2, 0) is 0 Å². The largest absolute Gasteiger partial charge is 0.393 e. The number of aliphatic hydroxyl groups excluding tert-OH is 1. The van der Waals surface area contributed by atoms with Crippen molar-refractivity contribution in [3.8, 4) is 0 Å². The summed E-state index contributed by atoms with van der Waals surface area (Å²) in [6, 6.07) is 0. The highest BCUT2D eigenvalue weighted by Gasteiger charge is 2.03. The van der Waals surface area contributed by atoms with E-state index in [1.165, 1.54) is 135 Å². The lowest BCUT2D eigenvalue weighted by Crippen LogP contribution is -2.05. The van der Waals surface area contributed by atoms with E-state index < -0.39 is 0 Å². The van der Waals surface area contributed by atoms with Crippen LogP contribution in [0.3, 0.4) is 0 Å². The fourth-order valence-corrected chi connectivity index (χ4v) is 4.06. The molecule has 1 unspecified atom stereocenters. The monoisotopic (exact) mass is 382 g/mol. The summed E-state index contributed by atoms with van der Waals surface area (Å²) >= 11 is 0. The second kappa shape index (κ2) is 24.0. The Bertz CT molecular complexity index is 251. The molecule has 0 bridgehead atoms. The molecule has 0 saturated heterocycles. The molecule has 0 aromatic carbocycles. The Morgan fingerprint density at radius 3 is 0.852 bits per heavy atom. The van der Waals surface area contributed by atoms with Gasteiger partial charge in [0.15, 0.2) is 0 Å². The third-order valence-corrected chi connectivity index (χ3v) is 6.03. The number of hydrogen-bond acceptors (Lipinski definition) is 1. The molecule has 1 atom stereocenters. The molecule has 0 spiro atoms. The summed E-state index contributed by atoms with van der Waals surface area (Å²) in [5.41, 5.74) is 0. The molecule has 164 valence electrons. The van der Waals surface area contributed by atoms with E-state index in [1.807, 2.05) is 0 Å². The Morgan fingerprint density at radius 2 is 0.593 bits per heavy atom. The number of rotatable bonds is 23. The van der Waals surface area contributed by atoms with Gasteiger partial charge in [0.2, 0.25) is 0 Å².